The van der Waals surface area contributed by atoms with Crippen LogP contribution in [0.15, 0.2) is 84.9 Å². The van der Waals surface area contributed by atoms with Crippen molar-refractivity contribution in [1.82, 2.24) is 4.90 Å². The summed E-state index contributed by atoms with van der Waals surface area (Å²) in [5.41, 5.74) is 3.73. The molecule has 31 heavy (non-hydrogen) atoms. The maximum atomic E-state index is 12.4. The molecule has 5 heteroatoms. The number of aliphatic hydroxyl groups excluding tert-OH is 1. The van der Waals surface area contributed by atoms with Crippen LogP contribution in [0.1, 0.15) is 28.4 Å². The van der Waals surface area contributed by atoms with E-state index in [2.05, 4.69) is 46.4 Å². The van der Waals surface area contributed by atoms with Crippen molar-refractivity contribution in [2.24, 2.45) is 0 Å². The smallest absolute Gasteiger partial charge is 0.255 e. The number of anilines is 2. The number of likely N-dealkylation sites (N-methyl/N-ethyl adjacent to an activating group) is 1. The minimum atomic E-state index is -0.228. The standard InChI is InChI=1S/C26H29N3O2/c1-28(25(20-8-4-2-5-9-20)19-29-17-16-24(30)18-29)23-14-12-22(13-15-23)27-26(31)21-10-6-3-7-11-21/h2-15,24-25,30H,16-19H2,1H3,(H,27,31)/t24-,25+/m0/s1. The quantitative estimate of drug-likeness (QED) is 0.608. The number of hydrogen-bond acceptors (Lipinski definition) is 4. The van der Waals surface area contributed by atoms with E-state index in [4.69, 9.17) is 0 Å². The number of benzene rings is 3. The molecule has 3 aromatic rings. The Morgan fingerprint density at radius 2 is 1.68 bits per heavy atom. The second-order valence-electron chi connectivity index (χ2n) is 8.11. The number of nitrogens with one attached hydrogen (secondary N) is 1. The maximum absolute atomic E-state index is 12.4. The van der Waals surface area contributed by atoms with Crippen molar-refractivity contribution in [2.75, 3.05) is 36.9 Å². The SMILES string of the molecule is CN(c1ccc(NC(=O)c2ccccc2)cc1)[C@H](CN1CC[C@H](O)C1)c1ccccc1. The normalized spacial score (nSPS) is 17.3. The van der Waals surface area contributed by atoms with Crippen LogP contribution in [0.3, 0.4) is 0 Å². The zero-order valence-corrected chi connectivity index (χ0v) is 17.8. The molecule has 0 radical (unpaired) electrons. The fourth-order valence-corrected chi connectivity index (χ4v) is 4.10. The van der Waals surface area contributed by atoms with Crippen LogP contribution in [-0.2, 0) is 0 Å². The molecule has 2 N–H and O–H groups in total. The molecule has 160 valence electrons. The largest absolute Gasteiger partial charge is 0.392 e. The lowest BCUT2D eigenvalue weighted by Gasteiger charge is -2.33. The molecule has 1 amide bonds. The first-order chi connectivity index (χ1) is 15.1. The van der Waals surface area contributed by atoms with E-state index in [0.29, 0.717) is 5.56 Å². The number of aliphatic hydroxyl groups is 1. The summed E-state index contributed by atoms with van der Waals surface area (Å²) in [6, 6.07) is 27.8. The highest BCUT2D eigenvalue weighted by atomic mass is 16.3. The molecule has 0 saturated carbocycles. The van der Waals surface area contributed by atoms with Gasteiger partial charge in [0.05, 0.1) is 12.1 Å². The van der Waals surface area contributed by atoms with Gasteiger partial charge in [-0.15, -0.1) is 0 Å². The third kappa shape index (κ3) is 5.32. The van der Waals surface area contributed by atoms with Crippen molar-refractivity contribution in [3.63, 3.8) is 0 Å². The monoisotopic (exact) mass is 415 g/mol. The van der Waals surface area contributed by atoms with Gasteiger partial charge in [0.2, 0.25) is 0 Å². The number of rotatable bonds is 7. The van der Waals surface area contributed by atoms with E-state index in [1.54, 1.807) is 12.1 Å². The predicted molar refractivity (Wildman–Crippen MR) is 125 cm³/mol. The summed E-state index contributed by atoms with van der Waals surface area (Å²) in [5.74, 6) is -0.114. The van der Waals surface area contributed by atoms with Crippen LogP contribution in [-0.4, -0.2) is 48.7 Å². The van der Waals surface area contributed by atoms with Gasteiger partial charge < -0.3 is 15.3 Å². The van der Waals surface area contributed by atoms with Crippen LogP contribution < -0.4 is 10.2 Å². The minimum absolute atomic E-state index is 0.114. The van der Waals surface area contributed by atoms with E-state index in [1.807, 2.05) is 48.5 Å². The van der Waals surface area contributed by atoms with Gasteiger partial charge in [0.1, 0.15) is 0 Å². The number of carbonyl (C=O) groups excluding carboxylic acids is 1. The second kappa shape index (κ2) is 9.77. The molecule has 0 aliphatic carbocycles. The third-order valence-corrected chi connectivity index (χ3v) is 5.90. The number of carbonyl (C=O) groups is 1. The third-order valence-electron chi connectivity index (χ3n) is 5.90. The van der Waals surface area contributed by atoms with Crippen molar-refractivity contribution < 1.29 is 9.90 Å². The van der Waals surface area contributed by atoms with Crippen molar-refractivity contribution in [1.29, 1.82) is 0 Å². The van der Waals surface area contributed by atoms with Crippen LogP contribution in [0.5, 0.6) is 0 Å². The molecule has 5 nitrogen and oxygen atoms in total. The number of likely N-dealkylation sites (tertiary alicyclic amines) is 1. The van der Waals surface area contributed by atoms with Gasteiger partial charge in [-0.3, -0.25) is 9.69 Å². The molecule has 3 aromatic carbocycles. The van der Waals surface area contributed by atoms with Crippen LogP contribution in [0.2, 0.25) is 0 Å². The average Bonchev–Trinajstić information content (AvgIpc) is 3.23. The van der Waals surface area contributed by atoms with Gasteiger partial charge in [-0.25, -0.2) is 0 Å². The van der Waals surface area contributed by atoms with Gasteiger partial charge in [0.15, 0.2) is 0 Å². The molecular weight excluding hydrogens is 386 g/mol. The first-order valence-electron chi connectivity index (χ1n) is 10.7. The molecule has 1 heterocycles. The van der Waals surface area contributed by atoms with Crippen LogP contribution in [0.4, 0.5) is 11.4 Å². The Balaban J connectivity index is 1.48. The fourth-order valence-electron chi connectivity index (χ4n) is 4.10. The highest BCUT2D eigenvalue weighted by molar-refractivity contribution is 6.04. The Morgan fingerprint density at radius 1 is 1.03 bits per heavy atom. The van der Waals surface area contributed by atoms with Gasteiger partial charge in [-0.2, -0.15) is 0 Å². The van der Waals surface area contributed by atoms with E-state index < -0.39 is 0 Å². The van der Waals surface area contributed by atoms with Crippen LogP contribution >= 0.6 is 0 Å². The van der Waals surface area contributed by atoms with Crippen LogP contribution in [0.25, 0.3) is 0 Å². The Labute approximate surface area is 183 Å². The number of hydrogen-bond donors (Lipinski definition) is 2. The number of amides is 1. The molecule has 4 rings (SSSR count). The van der Waals surface area contributed by atoms with Crippen molar-refractivity contribution in [3.8, 4) is 0 Å². The molecule has 2 atom stereocenters. The fraction of sp³-hybridized carbons (Fsp3) is 0.269. The Morgan fingerprint density at radius 3 is 2.29 bits per heavy atom. The number of nitrogens with zero attached hydrogens (tertiary/aromatic N) is 2. The predicted octanol–water partition coefficient (Wildman–Crippen LogP) is 4.18. The van der Waals surface area contributed by atoms with Crippen molar-refractivity contribution >= 4 is 17.3 Å². The summed E-state index contributed by atoms with van der Waals surface area (Å²) in [5, 5.41) is 12.9. The van der Waals surface area contributed by atoms with Gasteiger partial charge in [-0.1, -0.05) is 48.5 Å². The Bertz CT molecular complexity index is 977. The lowest BCUT2D eigenvalue weighted by atomic mass is 10.0. The minimum Gasteiger partial charge on any atom is -0.392 e. The van der Waals surface area contributed by atoms with E-state index in [-0.39, 0.29) is 18.1 Å². The summed E-state index contributed by atoms with van der Waals surface area (Å²) in [6.45, 7) is 2.49. The summed E-state index contributed by atoms with van der Waals surface area (Å²) in [6.07, 6.45) is 0.607. The molecule has 1 aliphatic rings. The van der Waals surface area contributed by atoms with Gasteiger partial charge in [-0.05, 0) is 48.4 Å². The molecule has 1 saturated heterocycles. The molecule has 0 spiro atoms. The molecule has 0 bridgehead atoms. The molecule has 1 aliphatic heterocycles. The molecule has 0 unspecified atom stereocenters. The topological polar surface area (TPSA) is 55.8 Å². The van der Waals surface area contributed by atoms with Crippen molar-refractivity contribution in [2.45, 2.75) is 18.6 Å². The van der Waals surface area contributed by atoms with E-state index in [1.165, 1.54) is 5.56 Å². The molecule has 1 fully saturated rings. The van der Waals surface area contributed by atoms with E-state index >= 15 is 0 Å². The lowest BCUT2D eigenvalue weighted by molar-refractivity contribution is 0.102. The molecular formula is C26H29N3O2. The summed E-state index contributed by atoms with van der Waals surface area (Å²) in [4.78, 5) is 17.0. The van der Waals surface area contributed by atoms with Crippen LogP contribution in [0, 0.1) is 0 Å². The van der Waals surface area contributed by atoms with Gasteiger partial charge in [0, 0.05) is 43.6 Å². The molecule has 0 aromatic heterocycles. The van der Waals surface area contributed by atoms with Gasteiger partial charge in [0.25, 0.3) is 5.91 Å². The number of β-amino-alcohol motifs (C(OH)–C–C–N with tert-alkyl or cyclic N) is 1. The zero-order valence-electron chi connectivity index (χ0n) is 17.8. The highest BCUT2D eigenvalue weighted by Crippen LogP contribution is 2.28. The van der Waals surface area contributed by atoms with E-state index in [9.17, 15) is 9.90 Å². The summed E-state index contributed by atoms with van der Waals surface area (Å²) in [7, 11) is 2.10. The first kappa shape index (κ1) is 21.1. The zero-order chi connectivity index (χ0) is 21.6. The average molecular weight is 416 g/mol. The Kier molecular flexibility index (Phi) is 6.65. The second-order valence-corrected chi connectivity index (χ2v) is 8.11. The van der Waals surface area contributed by atoms with Crippen molar-refractivity contribution in [3.05, 3.63) is 96.1 Å². The summed E-state index contributed by atoms with van der Waals surface area (Å²) < 4.78 is 0. The Hall–Kier alpha value is -3.15. The highest BCUT2D eigenvalue weighted by Gasteiger charge is 2.26. The maximum Gasteiger partial charge on any atom is 0.255 e. The lowest BCUT2D eigenvalue weighted by Crippen LogP contribution is -2.35. The van der Waals surface area contributed by atoms with Gasteiger partial charge >= 0.3 is 0 Å². The first-order valence-corrected chi connectivity index (χ1v) is 10.7. The van der Waals surface area contributed by atoms with E-state index in [0.717, 1.165) is 37.4 Å². The summed E-state index contributed by atoms with van der Waals surface area (Å²) >= 11 is 0.